The summed E-state index contributed by atoms with van der Waals surface area (Å²) < 4.78 is 66.8. The van der Waals surface area contributed by atoms with Crippen LogP contribution in [0.25, 0.3) is 0 Å². The van der Waals surface area contributed by atoms with Crippen LogP contribution in [-0.2, 0) is 45.3 Å². The molecule has 1 atom stereocenters. The number of halogens is 6. The predicted molar refractivity (Wildman–Crippen MR) is 164 cm³/mol. The van der Waals surface area contributed by atoms with Gasteiger partial charge in [0.2, 0.25) is 0 Å². The van der Waals surface area contributed by atoms with Crippen molar-refractivity contribution in [3.05, 3.63) is 0 Å². The largest absolute Gasteiger partial charge is 0.606 e. The first-order chi connectivity index (χ1) is 17.7. The van der Waals surface area contributed by atoms with E-state index in [2.05, 4.69) is 95.6 Å². The molecular weight excluding hydrogens is 969 g/mol. The SMILES string of the molecule is COP(=O)(OC)OCC(CBr)(CBr)COP(=O)(O)OCC(CBr)(CBr)CO[P+]1([O-])OCC(CBr)(CBr)CO1. The third kappa shape index (κ3) is 12.0. The van der Waals surface area contributed by atoms with Crippen molar-refractivity contribution in [1.82, 2.24) is 0 Å². The highest BCUT2D eigenvalue weighted by atomic mass is 79.9. The van der Waals surface area contributed by atoms with Crippen molar-refractivity contribution in [3.63, 3.8) is 0 Å². The monoisotopic (exact) mass is 994 g/mol. The highest BCUT2D eigenvalue weighted by molar-refractivity contribution is 9.10. The van der Waals surface area contributed by atoms with Crippen LogP contribution in [0.15, 0.2) is 0 Å². The van der Waals surface area contributed by atoms with Gasteiger partial charge in [0.1, 0.15) is 19.8 Å². The summed E-state index contributed by atoms with van der Waals surface area (Å²) >= 11 is 20.2. The van der Waals surface area contributed by atoms with Crippen molar-refractivity contribution in [2.45, 2.75) is 0 Å². The Labute approximate surface area is 274 Å². The van der Waals surface area contributed by atoms with Crippen LogP contribution >= 0.6 is 119 Å². The first kappa shape index (κ1) is 39.4. The Morgan fingerprint density at radius 3 is 1.58 bits per heavy atom. The van der Waals surface area contributed by atoms with Crippen molar-refractivity contribution >= 4 is 119 Å². The topological polar surface area (TPSA) is 151 Å². The molecular formula is C17H31Br6O12P3. The van der Waals surface area contributed by atoms with E-state index in [-0.39, 0.29) is 66.4 Å². The molecule has 38 heavy (non-hydrogen) atoms. The number of hydrogen-bond acceptors (Lipinski definition) is 11. The van der Waals surface area contributed by atoms with E-state index in [1.54, 1.807) is 0 Å². The van der Waals surface area contributed by atoms with Gasteiger partial charge in [-0.05, 0) is 0 Å². The highest BCUT2D eigenvalue weighted by Gasteiger charge is 2.48. The minimum Gasteiger partial charge on any atom is -0.606 e. The van der Waals surface area contributed by atoms with Gasteiger partial charge < -0.3 is 9.79 Å². The second-order valence-corrected chi connectivity index (χ2v) is 17.0. The molecule has 0 aromatic heterocycles. The number of rotatable bonds is 20. The lowest BCUT2D eigenvalue weighted by molar-refractivity contribution is -0.264. The lowest BCUT2D eigenvalue weighted by Gasteiger charge is -2.39. The van der Waals surface area contributed by atoms with E-state index < -0.39 is 34.6 Å². The van der Waals surface area contributed by atoms with E-state index in [1.807, 2.05) is 0 Å². The Morgan fingerprint density at radius 2 is 1.21 bits per heavy atom. The molecule has 228 valence electrons. The van der Waals surface area contributed by atoms with Crippen LogP contribution in [0.2, 0.25) is 0 Å². The number of phosphoric ester groups is 3. The summed E-state index contributed by atoms with van der Waals surface area (Å²) in [4.78, 5) is 23.3. The number of phosphoric acid groups is 3. The molecule has 0 saturated carbocycles. The molecule has 1 unspecified atom stereocenters. The Balaban J connectivity index is 2.77. The summed E-state index contributed by atoms with van der Waals surface area (Å²) in [6.45, 7) is -0.674. The molecule has 0 amide bonds. The summed E-state index contributed by atoms with van der Waals surface area (Å²) in [6.07, 6.45) is 0. The maximum Gasteiger partial charge on any atom is 0.474 e. The van der Waals surface area contributed by atoms with Gasteiger partial charge in [0.05, 0.1) is 19.8 Å². The fraction of sp³-hybridized carbons (Fsp3) is 1.00. The molecule has 1 aliphatic rings. The van der Waals surface area contributed by atoms with Crippen LogP contribution in [0.4, 0.5) is 0 Å². The molecule has 21 heteroatoms. The molecule has 12 nitrogen and oxygen atoms in total. The zero-order valence-electron chi connectivity index (χ0n) is 20.5. The van der Waals surface area contributed by atoms with Crippen molar-refractivity contribution in [1.29, 1.82) is 0 Å². The van der Waals surface area contributed by atoms with Crippen LogP contribution in [0.5, 0.6) is 0 Å². The normalized spacial score (nSPS) is 19.8. The van der Waals surface area contributed by atoms with Crippen LogP contribution in [0, 0.1) is 16.2 Å². The molecule has 0 bridgehead atoms. The number of hydrogen-bond donors (Lipinski definition) is 1. The molecule has 1 N–H and O–H groups in total. The second kappa shape index (κ2) is 17.8. The van der Waals surface area contributed by atoms with Gasteiger partial charge >= 0.3 is 23.8 Å². The molecule has 0 aromatic carbocycles. The van der Waals surface area contributed by atoms with Gasteiger partial charge in [0.25, 0.3) is 0 Å². The first-order valence-corrected chi connectivity index (χ1v) is 21.7. The predicted octanol–water partition coefficient (Wildman–Crippen LogP) is 5.97. The van der Waals surface area contributed by atoms with Crippen LogP contribution in [0.3, 0.4) is 0 Å². The zero-order chi connectivity index (χ0) is 29.1. The van der Waals surface area contributed by atoms with Crippen LogP contribution < -0.4 is 4.89 Å². The summed E-state index contributed by atoms with van der Waals surface area (Å²) in [6, 6.07) is 0. The Morgan fingerprint density at radius 1 is 0.816 bits per heavy atom. The van der Waals surface area contributed by atoms with E-state index in [9.17, 15) is 18.9 Å². The standard InChI is InChI=1S/C17H31Br6O12P3/c1-28-37(26,29-2)32-11-15(3-18,4-19)9-30-36(24,25)31-10-16(5-20,6-21)12-33-38(27)34-13-17(7-22,8-23)14-35-38/h3-14H2,1-2H3,(H,24,25). The van der Waals surface area contributed by atoms with Gasteiger partial charge in [-0.3, -0.25) is 22.6 Å². The third-order valence-electron chi connectivity index (χ3n) is 5.33. The van der Waals surface area contributed by atoms with Crippen LogP contribution in [0.1, 0.15) is 0 Å². The van der Waals surface area contributed by atoms with Crippen molar-refractivity contribution < 1.29 is 55.1 Å². The third-order valence-corrected chi connectivity index (χ3v) is 16.1. The van der Waals surface area contributed by atoms with E-state index in [0.29, 0.717) is 10.7 Å². The zero-order valence-corrected chi connectivity index (χ0v) is 32.7. The number of alkyl halides is 6. The van der Waals surface area contributed by atoms with Gasteiger partial charge in [-0.2, -0.15) is 13.6 Å². The maximum atomic E-state index is 12.9. The lowest BCUT2D eigenvalue weighted by atomic mass is 9.96. The Kier molecular flexibility index (Phi) is 18.4. The summed E-state index contributed by atoms with van der Waals surface area (Å²) in [5, 5.41) is 2.16. The van der Waals surface area contributed by atoms with Crippen molar-refractivity contribution in [3.8, 4) is 0 Å². The van der Waals surface area contributed by atoms with E-state index >= 15 is 0 Å². The average molecular weight is 1000 g/mol. The van der Waals surface area contributed by atoms with Gasteiger partial charge in [0.15, 0.2) is 0 Å². The van der Waals surface area contributed by atoms with Gasteiger partial charge in [-0.1, -0.05) is 95.6 Å². The molecule has 0 radical (unpaired) electrons. The minimum atomic E-state index is -4.58. The average Bonchev–Trinajstić information content (AvgIpc) is 2.94. The van der Waals surface area contributed by atoms with Crippen molar-refractivity contribution in [2.75, 3.05) is 85.8 Å². The minimum absolute atomic E-state index is 0.156. The molecule has 1 rings (SSSR count). The highest BCUT2D eigenvalue weighted by Crippen LogP contribution is 2.59. The molecule has 1 aliphatic heterocycles. The Hall–Kier alpha value is 3.37. The summed E-state index contributed by atoms with van der Waals surface area (Å²) in [7, 11) is -9.86. The van der Waals surface area contributed by atoms with E-state index in [0.717, 1.165) is 0 Å². The summed E-state index contributed by atoms with van der Waals surface area (Å²) in [5.41, 5.74) is -2.23. The van der Waals surface area contributed by atoms with E-state index in [1.165, 1.54) is 14.2 Å². The fourth-order valence-corrected chi connectivity index (χ4v) is 10.3. The molecule has 0 aliphatic carbocycles. The molecule has 1 saturated heterocycles. The fourth-order valence-electron chi connectivity index (χ4n) is 2.33. The van der Waals surface area contributed by atoms with E-state index in [4.69, 9.17) is 36.2 Å². The molecule has 1 fully saturated rings. The molecule has 0 spiro atoms. The first-order valence-electron chi connectivity index (χ1n) is 10.6. The van der Waals surface area contributed by atoms with Crippen molar-refractivity contribution in [2.24, 2.45) is 16.2 Å². The van der Waals surface area contributed by atoms with Gasteiger partial charge in [0, 0.05) is 62.4 Å². The smallest absolute Gasteiger partial charge is 0.474 e. The maximum absolute atomic E-state index is 12.9. The van der Waals surface area contributed by atoms with Gasteiger partial charge in [-0.15, -0.1) is 0 Å². The van der Waals surface area contributed by atoms with Gasteiger partial charge in [-0.25, -0.2) is 9.13 Å². The second-order valence-electron chi connectivity index (χ2n) is 8.67. The summed E-state index contributed by atoms with van der Waals surface area (Å²) in [5.74, 6) is 0. The van der Waals surface area contributed by atoms with Crippen LogP contribution in [-0.4, -0.2) is 90.7 Å². The molecule has 0 aromatic rings. The Bertz CT molecular complexity index is 785. The molecule has 1 heterocycles. The lowest BCUT2D eigenvalue weighted by Crippen LogP contribution is -2.44. The quantitative estimate of drug-likeness (QED) is 0.113.